The number of nitrogens with zero attached hydrogens (tertiary/aromatic N) is 5. The van der Waals surface area contributed by atoms with Crippen LogP contribution in [0.1, 0.15) is 50.4 Å². The number of pyridine rings is 1. The molecule has 2 fully saturated rings. The standard InChI is InChI=1S/C31H37N5S.ClH/c1-21-10-15-25-26(8-6-9-27(25)32-21)28-33-34-29(35(28)5)37-17-7-16-36-19-24-18-31(24,20-36)23-13-11-22(12-14-23)30(2,3)4;/h6,8-15,24H,7,16-20H2,1-5H3;1H. The van der Waals surface area contributed by atoms with Crippen molar-refractivity contribution in [2.24, 2.45) is 13.0 Å². The number of benzene rings is 2. The summed E-state index contributed by atoms with van der Waals surface area (Å²) in [6.45, 7) is 12.5. The van der Waals surface area contributed by atoms with Crippen molar-refractivity contribution >= 4 is 35.1 Å². The molecule has 0 N–H and O–H groups in total. The predicted molar refractivity (Wildman–Crippen MR) is 160 cm³/mol. The van der Waals surface area contributed by atoms with E-state index in [1.807, 2.05) is 18.7 Å². The summed E-state index contributed by atoms with van der Waals surface area (Å²) < 4.78 is 2.13. The molecule has 0 spiro atoms. The first-order valence-corrected chi connectivity index (χ1v) is 14.5. The van der Waals surface area contributed by atoms with Gasteiger partial charge >= 0.3 is 0 Å². The first-order valence-electron chi connectivity index (χ1n) is 13.5. The van der Waals surface area contributed by atoms with Crippen molar-refractivity contribution in [2.45, 2.75) is 56.5 Å². The third kappa shape index (κ3) is 4.99. The minimum Gasteiger partial charge on any atom is -0.305 e. The van der Waals surface area contributed by atoms with Gasteiger partial charge in [0, 0.05) is 47.9 Å². The quantitative estimate of drug-likeness (QED) is 0.188. The number of thioether (sulfide) groups is 1. The maximum atomic E-state index is 4.68. The smallest absolute Gasteiger partial charge is 0.191 e. The minimum atomic E-state index is 0. The van der Waals surface area contributed by atoms with Gasteiger partial charge in [-0.25, -0.2) is 0 Å². The summed E-state index contributed by atoms with van der Waals surface area (Å²) in [5.74, 6) is 2.79. The van der Waals surface area contributed by atoms with E-state index >= 15 is 0 Å². The van der Waals surface area contributed by atoms with Crippen molar-refractivity contribution in [3.05, 3.63) is 71.4 Å². The SMILES string of the molecule is Cc1ccc2c(-c3nnc(SCCCN4CC5CC5(c5ccc(C(C)(C)C)cc5)C4)n3C)cccc2n1.Cl. The fourth-order valence-electron chi connectivity index (χ4n) is 6.08. The summed E-state index contributed by atoms with van der Waals surface area (Å²) in [6.07, 6.45) is 2.52. The summed E-state index contributed by atoms with van der Waals surface area (Å²) in [5, 5.41) is 11.2. The van der Waals surface area contributed by atoms with Gasteiger partial charge in [0.05, 0.1) is 5.52 Å². The van der Waals surface area contributed by atoms with Gasteiger partial charge < -0.3 is 9.47 Å². The summed E-state index contributed by atoms with van der Waals surface area (Å²) >= 11 is 1.81. The third-order valence-corrected chi connectivity index (χ3v) is 9.45. The lowest BCUT2D eigenvalue weighted by Crippen LogP contribution is -2.28. The Morgan fingerprint density at radius 2 is 1.82 bits per heavy atom. The summed E-state index contributed by atoms with van der Waals surface area (Å²) in [4.78, 5) is 7.36. The monoisotopic (exact) mass is 547 g/mol. The highest BCUT2D eigenvalue weighted by Gasteiger charge is 2.60. The molecule has 2 aromatic heterocycles. The second-order valence-corrected chi connectivity index (χ2v) is 13.1. The van der Waals surface area contributed by atoms with Crippen LogP contribution >= 0.6 is 24.2 Å². The first kappa shape index (κ1) is 27.2. The van der Waals surface area contributed by atoms with Gasteiger partial charge in [-0.1, -0.05) is 75.0 Å². The highest BCUT2D eigenvalue weighted by molar-refractivity contribution is 7.99. The number of hydrogen-bond acceptors (Lipinski definition) is 5. The minimum absolute atomic E-state index is 0. The van der Waals surface area contributed by atoms with E-state index in [0.717, 1.165) is 57.8 Å². The van der Waals surface area contributed by atoms with Crippen molar-refractivity contribution in [2.75, 3.05) is 25.4 Å². The van der Waals surface area contributed by atoms with Crippen LogP contribution in [0.25, 0.3) is 22.3 Å². The van der Waals surface area contributed by atoms with E-state index < -0.39 is 0 Å². The van der Waals surface area contributed by atoms with Crippen LogP contribution in [0.4, 0.5) is 0 Å². The van der Waals surface area contributed by atoms with Gasteiger partial charge in [-0.15, -0.1) is 22.6 Å². The fourth-order valence-corrected chi connectivity index (χ4v) is 6.92. The Labute approximate surface area is 236 Å². The molecule has 7 heteroatoms. The Balaban J connectivity index is 0.00000294. The van der Waals surface area contributed by atoms with Gasteiger partial charge in [-0.05, 0) is 60.9 Å². The van der Waals surface area contributed by atoms with E-state index in [1.54, 1.807) is 5.56 Å². The van der Waals surface area contributed by atoms with Gasteiger partial charge in [-0.2, -0.15) is 0 Å². The molecule has 1 saturated carbocycles. The average molecular weight is 548 g/mol. The largest absolute Gasteiger partial charge is 0.305 e. The first-order chi connectivity index (χ1) is 17.7. The Morgan fingerprint density at radius 1 is 1.03 bits per heavy atom. The van der Waals surface area contributed by atoms with Crippen molar-refractivity contribution < 1.29 is 0 Å². The van der Waals surface area contributed by atoms with E-state index in [0.29, 0.717) is 5.41 Å². The molecule has 0 bridgehead atoms. The fraction of sp³-hybridized carbons (Fsp3) is 0.452. The van der Waals surface area contributed by atoms with Crippen LogP contribution in [0.15, 0.2) is 59.8 Å². The number of halogens is 1. The number of rotatable bonds is 7. The molecule has 2 unspecified atom stereocenters. The number of piperidine rings is 1. The van der Waals surface area contributed by atoms with Crippen LogP contribution < -0.4 is 0 Å². The average Bonchev–Trinajstić information content (AvgIpc) is 3.25. The van der Waals surface area contributed by atoms with Crippen molar-refractivity contribution in [1.82, 2.24) is 24.6 Å². The van der Waals surface area contributed by atoms with Crippen LogP contribution in [-0.2, 0) is 17.9 Å². The molecule has 1 aliphatic carbocycles. The van der Waals surface area contributed by atoms with Crippen molar-refractivity contribution in [3.8, 4) is 11.4 Å². The molecule has 2 aliphatic rings. The van der Waals surface area contributed by atoms with Gasteiger partial charge in [0.1, 0.15) is 0 Å². The zero-order valence-electron chi connectivity index (χ0n) is 23.1. The topological polar surface area (TPSA) is 46.8 Å². The molecular weight excluding hydrogens is 510 g/mol. The lowest BCUT2D eigenvalue weighted by atomic mass is 9.85. The van der Waals surface area contributed by atoms with Crippen molar-refractivity contribution in [1.29, 1.82) is 0 Å². The Hall–Kier alpha value is -2.41. The van der Waals surface area contributed by atoms with Crippen LogP contribution in [0.5, 0.6) is 0 Å². The van der Waals surface area contributed by atoms with Crippen molar-refractivity contribution in [3.63, 3.8) is 0 Å². The van der Waals surface area contributed by atoms with E-state index in [-0.39, 0.29) is 17.8 Å². The Bertz CT molecular complexity index is 1440. The second-order valence-electron chi connectivity index (χ2n) is 12.0. The molecule has 200 valence electrons. The number of aromatic nitrogens is 4. The maximum absolute atomic E-state index is 4.68. The van der Waals surface area contributed by atoms with Gasteiger partial charge in [-0.3, -0.25) is 4.98 Å². The van der Waals surface area contributed by atoms with E-state index in [9.17, 15) is 0 Å². The second kappa shape index (κ2) is 10.3. The summed E-state index contributed by atoms with van der Waals surface area (Å²) in [6, 6.07) is 19.9. The molecule has 6 rings (SSSR count). The molecule has 0 amide bonds. The van der Waals surface area contributed by atoms with Crippen LogP contribution in [-0.4, -0.2) is 50.0 Å². The molecule has 5 nitrogen and oxygen atoms in total. The molecule has 2 atom stereocenters. The summed E-state index contributed by atoms with van der Waals surface area (Å²) in [5.41, 5.74) is 6.72. The number of aryl methyl sites for hydroxylation is 1. The number of fused-ring (bicyclic) bond motifs is 2. The molecule has 0 radical (unpaired) electrons. The molecule has 1 saturated heterocycles. The highest BCUT2D eigenvalue weighted by atomic mass is 35.5. The molecule has 4 aromatic rings. The zero-order valence-corrected chi connectivity index (χ0v) is 24.7. The van der Waals surface area contributed by atoms with Gasteiger partial charge in [0.25, 0.3) is 0 Å². The molecular formula is C31H38ClN5S. The summed E-state index contributed by atoms with van der Waals surface area (Å²) in [7, 11) is 2.07. The Morgan fingerprint density at radius 3 is 2.58 bits per heavy atom. The number of hydrogen-bond donors (Lipinski definition) is 0. The molecule has 38 heavy (non-hydrogen) atoms. The molecule has 3 heterocycles. The lowest BCUT2D eigenvalue weighted by molar-refractivity contribution is 0.299. The van der Waals surface area contributed by atoms with E-state index in [4.69, 9.17) is 0 Å². The van der Waals surface area contributed by atoms with Gasteiger partial charge in [0.15, 0.2) is 11.0 Å². The normalized spacial score (nSPS) is 20.9. The van der Waals surface area contributed by atoms with E-state index in [1.165, 1.54) is 25.1 Å². The lowest BCUT2D eigenvalue weighted by Gasteiger charge is -2.23. The molecule has 2 aromatic carbocycles. The Kier molecular flexibility index (Phi) is 7.36. The maximum Gasteiger partial charge on any atom is 0.191 e. The zero-order chi connectivity index (χ0) is 25.8. The predicted octanol–water partition coefficient (Wildman–Crippen LogP) is 6.81. The number of likely N-dealkylation sites (tertiary alicyclic amines) is 1. The van der Waals surface area contributed by atoms with Crippen LogP contribution in [0.2, 0.25) is 0 Å². The van der Waals surface area contributed by atoms with Gasteiger partial charge in [0.2, 0.25) is 0 Å². The highest BCUT2D eigenvalue weighted by Crippen LogP contribution is 2.59. The van der Waals surface area contributed by atoms with Crippen LogP contribution in [0, 0.1) is 12.8 Å². The molecule has 1 aliphatic heterocycles. The van der Waals surface area contributed by atoms with E-state index in [2.05, 4.69) is 107 Å². The van der Waals surface area contributed by atoms with Crippen LogP contribution in [0.3, 0.4) is 0 Å². The third-order valence-electron chi connectivity index (χ3n) is 8.34.